The van der Waals surface area contributed by atoms with Crippen molar-refractivity contribution in [2.75, 3.05) is 36.8 Å². The van der Waals surface area contributed by atoms with E-state index in [2.05, 4.69) is 14.9 Å². The van der Waals surface area contributed by atoms with Gasteiger partial charge in [-0.3, -0.25) is 9.78 Å². The number of amides is 1. The zero-order valence-electron chi connectivity index (χ0n) is 10.9. The average Bonchev–Trinajstić information content (AvgIpc) is 3.01. The number of anilines is 2. The Morgan fingerprint density at radius 2 is 2.10 bits per heavy atom. The number of thiazole rings is 1. The van der Waals surface area contributed by atoms with Crippen LogP contribution in [0.2, 0.25) is 0 Å². The minimum atomic E-state index is 0.00796. The second-order valence-corrected chi connectivity index (χ2v) is 5.31. The molecule has 7 heteroatoms. The van der Waals surface area contributed by atoms with Crippen molar-refractivity contribution >= 4 is 28.6 Å². The summed E-state index contributed by atoms with van der Waals surface area (Å²) < 4.78 is 0. The predicted molar refractivity (Wildman–Crippen MR) is 78.9 cm³/mol. The van der Waals surface area contributed by atoms with E-state index in [1.165, 1.54) is 11.3 Å². The van der Waals surface area contributed by atoms with E-state index >= 15 is 0 Å². The molecule has 1 aliphatic heterocycles. The molecule has 0 unspecified atom stereocenters. The van der Waals surface area contributed by atoms with Crippen LogP contribution in [0.25, 0.3) is 0 Å². The van der Waals surface area contributed by atoms with Gasteiger partial charge in [0.1, 0.15) is 5.69 Å². The number of rotatable bonds is 2. The fraction of sp³-hybridized carbons (Fsp3) is 0.308. The maximum absolute atomic E-state index is 12.2. The van der Waals surface area contributed by atoms with Gasteiger partial charge in [-0.1, -0.05) is 0 Å². The molecule has 2 aromatic rings. The molecule has 0 bridgehead atoms. The first kappa shape index (κ1) is 12.9. The van der Waals surface area contributed by atoms with E-state index in [0.717, 1.165) is 18.8 Å². The molecule has 1 amide bonds. The van der Waals surface area contributed by atoms with E-state index in [0.29, 0.717) is 24.5 Å². The van der Waals surface area contributed by atoms with Crippen molar-refractivity contribution in [2.24, 2.45) is 0 Å². The predicted octanol–water partition coefficient (Wildman–Crippen LogP) is 1.08. The van der Waals surface area contributed by atoms with Gasteiger partial charge >= 0.3 is 0 Å². The van der Waals surface area contributed by atoms with Gasteiger partial charge in [0.2, 0.25) is 0 Å². The molecule has 1 saturated heterocycles. The van der Waals surface area contributed by atoms with Gasteiger partial charge in [-0.05, 0) is 6.07 Å². The summed E-state index contributed by atoms with van der Waals surface area (Å²) in [6.07, 6.45) is 3.39. The van der Waals surface area contributed by atoms with Crippen LogP contribution in [-0.2, 0) is 0 Å². The summed E-state index contributed by atoms with van der Waals surface area (Å²) in [7, 11) is 0. The van der Waals surface area contributed by atoms with Crippen molar-refractivity contribution in [3.05, 3.63) is 35.0 Å². The highest BCUT2D eigenvalue weighted by Gasteiger charge is 2.23. The van der Waals surface area contributed by atoms with Crippen LogP contribution >= 0.6 is 11.3 Å². The molecule has 0 aliphatic carbocycles. The molecule has 0 radical (unpaired) electrons. The van der Waals surface area contributed by atoms with Crippen molar-refractivity contribution in [1.29, 1.82) is 0 Å². The minimum absolute atomic E-state index is 0.00796. The highest BCUT2D eigenvalue weighted by Crippen LogP contribution is 2.22. The summed E-state index contributed by atoms with van der Waals surface area (Å²) >= 11 is 1.44. The van der Waals surface area contributed by atoms with Gasteiger partial charge in [0.25, 0.3) is 5.91 Å². The lowest BCUT2D eigenvalue weighted by molar-refractivity contribution is 0.0742. The van der Waals surface area contributed by atoms with Gasteiger partial charge < -0.3 is 15.5 Å². The topological polar surface area (TPSA) is 75.3 Å². The number of piperazine rings is 1. The first-order valence-corrected chi connectivity index (χ1v) is 7.32. The fourth-order valence-corrected chi connectivity index (χ4v) is 2.84. The van der Waals surface area contributed by atoms with Crippen molar-refractivity contribution < 1.29 is 4.79 Å². The molecular formula is C13H15N5OS. The Hall–Kier alpha value is -2.15. The molecule has 1 aliphatic rings. The summed E-state index contributed by atoms with van der Waals surface area (Å²) in [4.78, 5) is 24.3. The highest BCUT2D eigenvalue weighted by molar-refractivity contribution is 7.07. The molecule has 0 aromatic carbocycles. The number of nitrogen functional groups attached to an aromatic ring is 1. The Kier molecular flexibility index (Phi) is 3.51. The third kappa shape index (κ3) is 2.44. The molecule has 1 fully saturated rings. The van der Waals surface area contributed by atoms with E-state index in [-0.39, 0.29) is 5.91 Å². The van der Waals surface area contributed by atoms with Crippen molar-refractivity contribution in [1.82, 2.24) is 14.9 Å². The van der Waals surface area contributed by atoms with Crippen LogP contribution in [0.4, 0.5) is 11.4 Å². The van der Waals surface area contributed by atoms with Crippen LogP contribution in [-0.4, -0.2) is 47.0 Å². The SMILES string of the molecule is Nc1cnccc1N1CCN(C(=O)c2cscn2)CC1. The zero-order valence-corrected chi connectivity index (χ0v) is 11.7. The van der Waals surface area contributed by atoms with E-state index in [1.54, 1.807) is 23.3 Å². The maximum atomic E-state index is 12.2. The number of carbonyl (C=O) groups excluding carboxylic acids is 1. The Balaban J connectivity index is 1.65. The monoisotopic (exact) mass is 289 g/mol. The van der Waals surface area contributed by atoms with Gasteiger partial charge in [-0.25, -0.2) is 4.98 Å². The summed E-state index contributed by atoms with van der Waals surface area (Å²) in [5, 5.41) is 1.79. The molecule has 6 nitrogen and oxygen atoms in total. The second kappa shape index (κ2) is 5.46. The lowest BCUT2D eigenvalue weighted by atomic mass is 10.2. The fourth-order valence-electron chi connectivity index (χ4n) is 2.32. The largest absolute Gasteiger partial charge is 0.396 e. The van der Waals surface area contributed by atoms with E-state index in [1.807, 2.05) is 11.0 Å². The number of aromatic nitrogens is 2. The van der Waals surface area contributed by atoms with Crippen LogP contribution in [0.3, 0.4) is 0 Å². The Morgan fingerprint density at radius 1 is 1.30 bits per heavy atom. The lowest BCUT2D eigenvalue weighted by Crippen LogP contribution is -2.49. The number of pyridine rings is 1. The molecule has 20 heavy (non-hydrogen) atoms. The molecular weight excluding hydrogens is 274 g/mol. The highest BCUT2D eigenvalue weighted by atomic mass is 32.1. The van der Waals surface area contributed by atoms with E-state index in [9.17, 15) is 4.79 Å². The van der Waals surface area contributed by atoms with Crippen molar-refractivity contribution in [3.63, 3.8) is 0 Å². The van der Waals surface area contributed by atoms with Crippen LogP contribution in [0.1, 0.15) is 10.5 Å². The number of nitrogens with two attached hydrogens (primary N) is 1. The van der Waals surface area contributed by atoms with Crippen molar-refractivity contribution in [3.8, 4) is 0 Å². The number of carbonyl (C=O) groups is 1. The summed E-state index contributed by atoms with van der Waals surface area (Å²) in [5.41, 5.74) is 9.81. The molecule has 2 N–H and O–H groups in total. The van der Waals surface area contributed by atoms with Crippen molar-refractivity contribution in [2.45, 2.75) is 0 Å². The molecule has 3 heterocycles. The summed E-state index contributed by atoms with van der Waals surface area (Å²) in [6.45, 7) is 2.89. The molecule has 0 atom stereocenters. The van der Waals surface area contributed by atoms with E-state index < -0.39 is 0 Å². The van der Waals surface area contributed by atoms with Crippen LogP contribution in [0.15, 0.2) is 29.4 Å². The maximum Gasteiger partial charge on any atom is 0.273 e. The molecule has 0 spiro atoms. The van der Waals surface area contributed by atoms with Crippen LogP contribution in [0, 0.1) is 0 Å². The van der Waals surface area contributed by atoms with E-state index in [4.69, 9.17) is 5.73 Å². The van der Waals surface area contributed by atoms with Crippen LogP contribution in [0.5, 0.6) is 0 Å². The smallest absolute Gasteiger partial charge is 0.273 e. The Bertz CT molecular complexity index is 593. The third-order valence-corrected chi connectivity index (χ3v) is 3.97. The van der Waals surface area contributed by atoms with Gasteiger partial charge in [0.05, 0.1) is 23.1 Å². The van der Waals surface area contributed by atoms with Gasteiger partial charge in [0, 0.05) is 37.8 Å². The molecule has 104 valence electrons. The minimum Gasteiger partial charge on any atom is -0.396 e. The lowest BCUT2D eigenvalue weighted by Gasteiger charge is -2.36. The average molecular weight is 289 g/mol. The summed E-state index contributed by atoms with van der Waals surface area (Å²) in [6, 6.07) is 1.91. The quantitative estimate of drug-likeness (QED) is 0.895. The normalized spacial score (nSPS) is 15.4. The molecule has 2 aromatic heterocycles. The van der Waals surface area contributed by atoms with Gasteiger partial charge in [0.15, 0.2) is 0 Å². The van der Waals surface area contributed by atoms with Gasteiger partial charge in [-0.15, -0.1) is 11.3 Å². The first-order valence-electron chi connectivity index (χ1n) is 6.37. The molecule has 3 rings (SSSR count). The zero-order chi connectivity index (χ0) is 13.9. The summed E-state index contributed by atoms with van der Waals surface area (Å²) in [5.74, 6) is 0.00796. The van der Waals surface area contributed by atoms with Gasteiger partial charge in [-0.2, -0.15) is 0 Å². The second-order valence-electron chi connectivity index (χ2n) is 4.59. The first-order chi connectivity index (χ1) is 9.75. The standard InChI is InChI=1S/C13H15N5OS/c14-10-7-15-2-1-12(10)17-3-5-18(6-4-17)13(19)11-8-20-9-16-11/h1-2,7-9H,3-6,14H2. The Morgan fingerprint density at radius 3 is 2.75 bits per heavy atom. The molecule has 0 saturated carbocycles. The number of hydrogen-bond donors (Lipinski definition) is 1. The Labute approximate surface area is 120 Å². The third-order valence-electron chi connectivity index (χ3n) is 3.39. The number of nitrogens with zero attached hydrogens (tertiary/aromatic N) is 4. The van der Waals surface area contributed by atoms with Crippen LogP contribution < -0.4 is 10.6 Å². The number of hydrogen-bond acceptors (Lipinski definition) is 6.